The molecule has 1 aromatic carbocycles. The van der Waals surface area contributed by atoms with Crippen LogP contribution in [0, 0.1) is 5.82 Å². The van der Waals surface area contributed by atoms with Gasteiger partial charge in [0.2, 0.25) is 0 Å². The fourth-order valence-corrected chi connectivity index (χ4v) is 4.28. The summed E-state index contributed by atoms with van der Waals surface area (Å²) >= 11 is 0. The maximum Gasteiger partial charge on any atom is 0.416 e. The molecule has 0 amide bonds. The standard InChI is InChI=1S/C25H27F4N9O/c26-22-16-32-24(35-23(22)38-7-9-39-10-8-38)36-33-15-18-1-2-19(14-31-18)34-20-11-17(25(27,28)29)12-21(13-20)37-5-3-30-4-6-37/h1-2,11-14,16,30,34H,3-10,15H2. The van der Waals surface area contributed by atoms with Crippen LogP contribution in [-0.4, -0.2) is 67.4 Å². The number of nitrogens with zero attached hydrogens (tertiary/aromatic N) is 7. The molecule has 5 rings (SSSR count). The molecule has 4 heterocycles. The highest BCUT2D eigenvalue weighted by molar-refractivity contribution is 5.67. The molecule has 10 nitrogen and oxygen atoms in total. The molecule has 0 spiro atoms. The van der Waals surface area contributed by atoms with Crippen LogP contribution >= 0.6 is 0 Å². The van der Waals surface area contributed by atoms with Gasteiger partial charge in [-0.05, 0) is 30.3 Å². The summed E-state index contributed by atoms with van der Waals surface area (Å²) in [6.45, 7) is 4.81. The summed E-state index contributed by atoms with van der Waals surface area (Å²) < 4.78 is 60.1. The van der Waals surface area contributed by atoms with Crippen molar-refractivity contribution in [2.75, 3.05) is 67.6 Å². The predicted molar refractivity (Wildman–Crippen MR) is 137 cm³/mol. The highest BCUT2D eigenvalue weighted by Gasteiger charge is 2.32. The summed E-state index contributed by atoms with van der Waals surface area (Å²) in [5.74, 6) is -0.354. The van der Waals surface area contributed by atoms with Crippen molar-refractivity contribution in [1.29, 1.82) is 0 Å². The minimum absolute atomic E-state index is 0.0287. The van der Waals surface area contributed by atoms with E-state index in [1.165, 1.54) is 12.3 Å². The van der Waals surface area contributed by atoms with Crippen molar-refractivity contribution < 1.29 is 22.3 Å². The van der Waals surface area contributed by atoms with Crippen LogP contribution in [0.15, 0.2) is 53.0 Å². The van der Waals surface area contributed by atoms with Gasteiger partial charge in [0.15, 0.2) is 11.6 Å². The first kappa shape index (κ1) is 26.7. The lowest BCUT2D eigenvalue weighted by molar-refractivity contribution is -0.137. The van der Waals surface area contributed by atoms with E-state index in [0.29, 0.717) is 75.2 Å². The Morgan fingerprint density at radius 1 is 0.949 bits per heavy atom. The number of azo groups is 1. The molecular formula is C25H27F4N9O. The van der Waals surface area contributed by atoms with Crippen molar-refractivity contribution in [3.8, 4) is 0 Å². The summed E-state index contributed by atoms with van der Waals surface area (Å²) in [6.07, 6.45) is -1.89. The van der Waals surface area contributed by atoms with E-state index in [1.807, 2.05) is 4.90 Å². The lowest BCUT2D eigenvalue weighted by atomic mass is 10.1. The molecule has 0 radical (unpaired) electrons. The van der Waals surface area contributed by atoms with Gasteiger partial charge in [-0.2, -0.15) is 23.3 Å². The van der Waals surface area contributed by atoms with Crippen LogP contribution < -0.4 is 20.4 Å². The van der Waals surface area contributed by atoms with E-state index in [4.69, 9.17) is 4.74 Å². The topological polar surface area (TPSA) is 103 Å². The maximum atomic E-state index is 14.2. The number of rotatable bonds is 7. The smallest absolute Gasteiger partial charge is 0.378 e. The summed E-state index contributed by atoms with van der Waals surface area (Å²) in [4.78, 5) is 16.0. The van der Waals surface area contributed by atoms with Crippen molar-refractivity contribution in [2.45, 2.75) is 12.7 Å². The molecule has 2 fully saturated rings. The highest BCUT2D eigenvalue weighted by Crippen LogP contribution is 2.35. The average Bonchev–Trinajstić information content (AvgIpc) is 2.95. The lowest BCUT2D eigenvalue weighted by Crippen LogP contribution is -2.43. The van der Waals surface area contributed by atoms with Crippen LogP contribution in [-0.2, 0) is 17.5 Å². The second-order valence-electron chi connectivity index (χ2n) is 9.01. The maximum absolute atomic E-state index is 14.2. The molecule has 2 saturated heterocycles. The van der Waals surface area contributed by atoms with Gasteiger partial charge < -0.3 is 25.2 Å². The van der Waals surface area contributed by atoms with Gasteiger partial charge in [-0.25, -0.2) is 9.37 Å². The van der Waals surface area contributed by atoms with Crippen molar-refractivity contribution in [1.82, 2.24) is 20.3 Å². The Kier molecular flexibility index (Phi) is 8.12. The Hall–Kier alpha value is -3.91. The molecule has 0 unspecified atom stereocenters. The summed E-state index contributed by atoms with van der Waals surface area (Å²) in [5, 5.41) is 14.3. The molecule has 0 aliphatic carbocycles. The van der Waals surface area contributed by atoms with Gasteiger partial charge in [0.1, 0.15) is 6.54 Å². The molecule has 0 bridgehead atoms. The van der Waals surface area contributed by atoms with E-state index in [0.717, 1.165) is 12.3 Å². The zero-order valence-electron chi connectivity index (χ0n) is 21.0. The molecule has 206 valence electrons. The summed E-state index contributed by atoms with van der Waals surface area (Å²) in [7, 11) is 0. The quantitative estimate of drug-likeness (QED) is 0.335. The zero-order valence-corrected chi connectivity index (χ0v) is 21.0. The molecule has 2 aliphatic heterocycles. The van der Waals surface area contributed by atoms with Gasteiger partial charge in [0.05, 0.1) is 42.6 Å². The van der Waals surface area contributed by atoms with Crippen LogP contribution in [0.5, 0.6) is 0 Å². The fraction of sp³-hybridized carbons (Fsp3) is 0.400. The number of piperazine rings is 1. The van der Waals surface area contributed by atoms with Crippen LogP contribution in [0.3, 0.4) is 0 Å². The molecule has 14 heteroatoms. The molecular weight excluding hydrogens is 518 g/mol. The van der Waals surface area contributed by atoms with Crippen molar-refractivity contribution in [3.63, 3.8) is 0 Å². The van der Waals surface area contributed by atoms with E-state index >= 15 is 0 Å². The molecule has 2 N–H and O–H groups in total. The number of aromatic nitrogens is 3. The van der Waals surface area contributed by atoms with Gasteiger partial charge in [0.25, 0.3) is 5.95 Å². The van der Waals surface area contributed by atoms with Crippen LogP contribution in [0.4, 0.5) is 46.4 Å². The molecule has 2 aromatic heterocycles. The van der Waals surface area contributed by atoms with Crippen LogP contribution in [0.2, 0.25) is 0 Å². The lowest BCUT2D eigenvalue weighted by Gasteiger charge is -2.30. The largest absolute Gasteiger partial charge is 0.416 e. The normalized spacial score (nSPS) is 16.6. The minimum atomic E-state index is -4.47. The Bertz CT molecular complexity index is 1290. The number of hydrogen-bond donors (Lipinski definition) is 2. The van der Waals surface area contributed by atoms with Gasteiger partial charge in [-0.3, -0.25) is 4.98 Å². The van der Waals surface area contributed by atoms with Crippen LogP contribution in [0.25, 0.3) is 0 Å². The van der Waals surface area contributed by atoms with Gasteiger partial charge >= 0.3 is 6.18 Å². The third-order valence-electron chi connectivity index (χ3n) is 6.26. The van der Waals surface area contributed by atoms with Crippen molar-refractivity contribution in [3.05, 3.63) is 59.8 Å². The Morgan fingerprint density at radius 2 is 1.74 bits per heavy atom. The third kappa shape index (κ3) is 6.95. The SMILES string of the molecule is Fc1cnc(N=NCc2ccc(Nc3cc(N4CCNCC4)cc(C(F)(F)F)c3)cn2)nc1N1CCOCC1. The number of ether oxygens (including phenoxy) is 1. The number of anilines is 4. The van der Waals surface area contributed by atoms with E-state index in [1.54, 1.807) is 23.1 Å². The number of morpholine rings is 1. The van der Waals surface area contributed by atoms with E-state index < -0.39 is 17.6 Å². The number of hydrogen-bond acceptors (Lipinski definition) is 10. The number of pyridine rings is 1. The highest BCUT2D eigenvalue weighted by atomic mass is 19.4. The molecule has 3 aromatic rings. The molecule has 2 aliphatic rings. The summed E-state index contributed by atoms with van der Waals surface area (Å²) in [5.41, 5.74) is 1.21. The fourth-order valence-electron chi connectivity index (χ4n) is 4.28. The van der Waals surface area contributed by atoms with Crippen molar-refractivity contribution in [2.24, 2.45) is 10.2 Å². The van der Waals surface area contributed by atoms with E-state index in [-0.39, 0.29) is 18.3 Å². The number of alkyl halides is 3. The van der Waals surface area contributed by atoms with Crippen LogP contribution in [0.1, 0.15) is 11.3 Å². The first-order valence-corrected chi connectivity index (χ1v) is 12.5. The van der Waals surface area contributed by atoms with Crippen molar-refractivity contribution >= 4 is 28.8 Å². The summed E-state index contributed by atoms with van der Waals surface area (Å²) in [6, 6.07) is 7.36. The molecule has 39 heavy (non-hydrogen) atoms. The second-order valence-corrected chi connectivity index (χ2v) is 9.01. The number of nitrogens with one attached hydrogen (secondary N) is 2. The Labute approximate surface area is 222 Å². The third-order valence-corrected chi connectivity index (χ3v) is 6.26. The Morgan fingerprint density at radius 3 is 2.46 bits per heavy atom. The monoisotopic (exact) mass is 545 g/mol. The Balaban J connectivity index is 1.24. The van der Waals surface area contributed by atoms with Gasteiger partial charge in [0, 0.05) is 50.6 Å². The minimum Gasteiger partial charge on any atom is -0.378 e. The van der Waals surface area contributed by atoms with E-state index in [2.05, 4.69) is 35.8 Å². The average molecular weight is 546 g/mol. The predicted octanol–water partition coefficient (Wildman–Crippen LogP) is 4.30. The molecule has 0 atom stereocenters. The number of halogens is 4. The van der Waals surface area contributed by atoms with Gasteiger partial charge in [-0.15, -0.1) is 5.11 Å². The van der Waals surface area contributed by atoms with E-state index in [9.17, 15) is 17.6 Å². The first-order valence-electron chi connectivity index (χ1n) is 12.5. The van der Waals surface area contributed by atoms with Gasteiger partial charge in [-0.1, -0.05) is 0 Å². The number of benzene rings is 1. The molecule has 0 saturated carbocycles. The second kappa shape index (κ2) is 11.9. The zero-order chi connectivity index (χ0) is 27.2. The first-order chi connectivity index (χ1) is 18.8.